The smallest absolute Gasteiger partial charge is 0.267 e. The van der Waals surface area contributed by atoms with Crippen LogP contribution in [0, 0.1) is 6.92 Å². The van der Waals surface area contributed by atoms with Crippen LogP contribution < -0.4 is 14.8 Å². The van der Waals surface area contributed by atoms with E-state index in [4.69, 9.17) is 9.47 Å². The van der Waals surface area contributed by atoms with Crippen LogP contribution in [0.4, 0.5) is 5.69 Å². The fourth-order valence-corrected chi connectivity index (χ4v) is 2.31. The van der Waals surface area contributed by atoms with Crippen molar-refractivity contribution < 1.29 is 14.3 Å². The highest BCUT2D eigenvalue weighted by atomic mass is 32.1. The predicted octanol–water partition coefficient (Wildman–Crippen LogP) is 2.43. The second kappa shape index (κ2) is 4.30. The minimum absolute atomic E-state index is 0.167. The number of nitrogens with zero attached hydrogens (tertiary/aromatic N) is 1. The molecule has 0 fully saturated rings. The van der Waals surface area contributed by atoms with E-state index in [1.807, 2.05) is 6.92 Å². The molecule has 2 heterocycles. The number of thiazole rings is 1. The topological polar surface area (TPSA) is 60.5 Å². The molecule has 5 nitrogen and oxygen atoms in total. The van der Waals surface area contributed by atoms with Crippen LogP contribution in [0.3, 0.4) is 0 Å². The first-order valence-corrected chi connectivity index (χ1v) is 6.17. The average Bonchev–Trinajstić information content (AvgIpc) is 2.96. The van der Waals surface area contributed by atoms with Crippen LogP contribution in [0.2, 0.25) is 0 Å². The number of aryl methyl sites for hydroxylation is 1. The van der Waals surface area contributed by atoms with Crippen LogP contribution in [0.25, 0.3) is 0 Å². The van der Waals surface area contributed by atoms with Gasteiger partial charge in [0.05, 0.1) is 11.2 Å². The molecule has 1 aromatic heterocycles. The van der Waals surface area contributed by atoms with Crippen molar-refractivity contribution in [2.45, 2.75) is 6.92 Å². The lowest BCUT2D eigenvalue weighted by molar-refractivity contribution is 0.103. The van der Waals surface area contributed by atoms with E-state index < -0.39 is 0 Å². The van der Waals surface area contributed by atoms with E-state index >= 15 is 0 Å². The molecular weight excluding hydrogens is 252 g/mol. The van der Waals surface area contributed by atoms with Gasteiger partial charge in [-0.25, -0.2) is 4.98 Å². The first kappa shape index (κ1) is 11.0. The number of amides is 1. The number of benzene rings is 1. The van der Waals surface area contributed by atoms with Gasteiger partial charge >= 0.3 is 0 Å². The standard InChI is InChI=1S/C12H10N2O3S/c1-7-13-5-11(18-7)12(15)14-8-2-3-9-10(4-8)17-6-16-9/h2-5H,6H2,1H3,(H,14,15). The molecule has 18 heavy (non-hydrogen) atoms. The Kier molecular flexibility index (Phi) is 2.64. The van der Waals surface area contributed by atoms with Crippen LogP contribution in [0.15, 0.2) is 24.4 Å². The van der Waals surface area contributed by atoms with Crippen LogP contribution in [0.1, 0.15) is 14.7 Å². The number of rotatable bonds is 2. The summed E-state index contributed by atoms with van der Waals surface area (Å²) in [7, 11) is 0. The van der Waals surface area contributed by atoms with Crippen molar-refractivity contribution in [1.82, 2.24) is 4.98 Å². The van der Waals surface area contributed by atoms with Crippen LogP contribution in [0.5, 0.6) is 11.5 Å². The van der Waals surface area contributed by atoms with Gasteiger partial charge in [-0.2, -0.15) is 0 Å². The monoisotopic (exact) mass is 262 g/mol. The number of anilines is 1. The molecule has 0 radical (unpaired) electrons. The van der Waals surface area contributed by atoms with Crippen molar-refractivity contribution in [2.24, 2.45) is 0 Å². The minimum Gasteiger partial charge on any atom is -0.454 e. The number of aromatic nitrogens is 1. The van der Waals surface area contributed by atoms with E-state index in [0.717, 1.165) is 5.01 Å². The summed E-state index contributed by atoms with van der Waals surface area (Å²) in [6.07, 6.45) is 1.57. The average molecular weight is 262 g/mol. The summed E-state index contributed by atoms with van der Waals surface area (Å²) >= 11 is 1.36. The molecule has 1 aliphatic rings. The van der Waals surface area contributed by atoms with Crippen LogP contribution in [-0.4, -0.2) is 17.7 Å². The van der Waals surface area contributed by atoms with Crippen molar-refractivity contribution in [1.29, 1.82) is 0 Å². The Labute approximate surface area is 107 Å². The lowest BCUT2D eigenvalue weighted by atomic mass is 10.2. The third kappa shape index (κ3) is 2.02. The molecule has 0 saturated heterocycles. The van der Waals surface area contributed by atoms with E-state index in [1.54, 1.807) is 24.4 Å². The van der Waals surface area contributed by atoms with Gasteiger partial charge < -0.3 is 14.8 Å². The zero-order chi connectivity index (χ0) is 12.5. The van der Waals surface area contributed by atoms with E-state index in [9.17, 15) is 4.79 Å². The molecule has 1 amide bonds. The molecule has 0 atom stereocenters. The first-order valence-electron chi connectivity index (χ1n) is 5.36. The van der Waals surface area contributed by atoms with Gasteiger partial charge in [-0.1, -0.05) is 0 Å². The van der Waals surface area contributed by atoms with Crippen molar-refractivity contribution in [2.75, 3.05) is 12.1 Å². The van der Waals surface area contributed by atoms with Crippen molar-refractivity contribution in [3.8, 4) is 11.5 Å². The minimum atomic E-state index is -0.167. The van der Waals surface area contributed by atoms with Gasteiger partial charge in [0.1, 0.15) is 4.88 Å². The molecule has 2 aromatic rings. The lowest BCUT2D eigenvalue weighted by Gasteiger charge is -2.04. The molecule has 0 aliphatic carbocycles. The molecule has 3 rings (SSSR count). The van der Waals surface area contributed by atoms with Gasteiger partial charge in [-0.05, 0) is 19.1 Å². The normalized spacial score (nSPS) is 12.5. The van der Waals surface area contributed by atoms with Crippen LogP contribution in [-0.2, 0) is 0 Å². The first-order chi connectivity index (χ1) is 8.72. The van der Waals surface area contributed by atoms with Crippen molar-refractivity contribution in [3.63, 3.8) is 0 Å². The second-order valence-electron chi connectivity index (χ2n) is 3.77. The predicted molar refractivity (Wildman–Crippen MR) is 67.4 cm³/mol. The molecule has 6 heteroatoms. The van der Waals surface area contributed by atoms with Gasteiger partial charge in [0.15, 0.2) is 11.5 Å². The Morgan fingerprint density at radius 2 is 2.22 bits per heavy atom. The number of nitrogens with one attached hydrogen (secondary N) is 1. The van der Waals surface area contributed by atoms with Crippen molar-refractivity contribution in [3.05, 3.63) is 34.3 Å². The molecule has 0 unspecified atom stereocenters. The fraction of sp³-hybridized carbons (Fsp3) is 0.167. The highest BCUT2D eigenvalue weighted by Gasteiger charge is 2.15. The molecular formula is C12H10N2O3S. The SMILES string of the molecule is Cc1ncc(C(=O)Nc2ccc3c(c2)OCO3)s1. The summed E-state index contributed by atoms with van der Waals surface area (Å²) in [5.74, 6) is 1.18. The second-order valence-corrected chi connectivity index (χ2v) is 5.00. The number of hydrogen-bond donors (Lipinski definition) is 1. The van der Waals surface area contributed by atoms with Gasteiger partial charge in [-0.3, -0.25) is 4.79 Å². The fourth-order valence-electron chi connectivity index (χ4n) is 1.63. The number of hydrogen-bond acceptors (Lipinski definition) is 5. The molecule has 0 saturated carbocycles. The van der Waals surface area contributed by atoms with Gasteiger partial charge in [0.25, 0.3) is 5.91 Å². The summed E-state index contributed by atoms with van der Waals surface area (Å²) in [6, 6.07) is 5.29. The highest BCUT2D eigenvalue weighted by Crippen LogP contribution is 2.34. The number of ether oxygens (including phenoxy) is 2. The van der Waals surface area contributed by atoms with E-state index in [-0.39, 0.29) is 12.7 Å². The molecule has 1 aliphatic heterocycles. The lowest BCUT2D eigenvalue weighted by Crippen LogP contribution is -2.09. The maximum Gasteiger partial charge on any atom is 0.267 e. The Morgan fingerprint density at radius 3 is 3.00 bits per heavy atom. The summed E-state index contributed by atoms with van der Waals surface area (Å²) in [4.78, 5) is 16.6. The quantitative estimate of drug-likeness (QED) is 0.903. The highest BCUT2D eigenvalue weighted by molar-refractivity contribution is 7.13. The van der Waals surface area contributed by atoms with E-state index in [1.165, 1.54) is 11.3 Å². The zero-order valence-corrected chi connectivity index (χ0v) is 10.4. The van der Waals surface area contributed by atoms with Gasteiger partial charge in [0, 0.05) is 11.8 Å². The Balaban J connectivity index is 1.78. The van der Waals surface area contributed by atoms with E-state index in [2.05, 4.69) is 10.3 Å². The molecule has 92 valence electrons. The van der Waals surface area contributed by atoms with Gasteiger partial charge in [-0.15, -0.1) is 11.3 Å². The maximum atomic E-state index is 11.9. The summed E-state index contributed by atoms with van der Waals surface area (Å²) < 4.78 is 10.5. The zero-order valence-electron chi connectivity index (χ0n) is 9.60. The largest absolute Gasteiger partial charge is 0.454 e. The third-order valence-corrected chi connectivity index (χ3v) is 3.39. The van der Waals surface area contributed by atoms with Gasteiger partial charge in [0.2, 0.25) is 6.79 Å². The Morgan fingerprint density at radius 1 is 1.39 bits per heavy atom. The summed E-state index contributed by atoms with van der Waals surface area (Å²) in [5, 5.41) is 3.66. The molecule has 0 bridgehead atoms. The number of carbonyl (C=O) groups excluding carboxylic acids is 1. The maximum absolute atomic E-state index is 11.9. The molecule has 1 aromatic carbocycles. The van der Waals surface area contributed by atoms with Crippen molar-refractivity contribution >= 4 is 22.9 Å². The third-order valence-electron chi connectivity index (χ3n) is 2.48. The summed E-state index contributed by atoms with van der Waals surface area (Å²) in [5.41, 5.74) is 0.676. The number of fused-ring (bicyclic) bond motifs is 1. The van der Waals surface area contributed by atoms with Crippen LogP contribution >= 0.6 is 11.3 Å². The Bertz CT molecular complexity index is 609. The number of carbonyl (C=O) groups is 1. The van der Waals surface area contributed by atoms with E-state index in [0.29, 0.717) is 22.1 Å². The molecule has 0 spiro atoms. The Hall–Kier alpha value is -2.08. The molecule has 1 N–H and O–H groups in total. The summed E-state index contributed by atoms with van der Waals surface area (Å²) in [6.45, 7) is 2.09.